The van der Waals surface area contributed by atoms with Crippen molar-refractivity contribution >= 4 is 22.1 Å². The van der Waals surface area contributed by atoms with E-state index in [1.54, 1.807) is 6.07 Å². The summed E-state index contributed by atoms with van der Waals surface area (Å²) in [6.07, 6.45) is 0. The van der Waals surface area contributed by atoms with Crippen LogP contribution in [-0.2, 0) is 14.9 Å². The summed E-state index contributed by atoms with van der Waals surface area (Å²) in [5, 5.41) is 0. The maximum Gasteiger partial charge on any atom is 0.347 e. The van der Waals surface area contributed by atoms with Crippen molar-refractivity contribution in [2.75, 3.05) is 0 Å². The summed E-state index contributed by atoms with van der Waals surface area (Å²) in [5.41, 5.74) is -0.715. The van der Waals surface area contributed by atoms with Gasteiger partial charge >= 0.3 is 11.9 Å². The van der Waals surface area contributed by atoms with E-state index < -0.39 is 38.3 Å². The number of hydrogen-bond donors (Lipinski definition) is 1. The van der Waals surface area contributed by atoms with Crippen LogP contribution in [0.4, 0.5) is 4.39 Å². The molecule has 22 heavy (non-hydrogen) atoms. The fraction of sp³-hybridized carbons (Fsp3) is 0. The van der Waals surface area contributed by atoms with Crippen LogP contribution in [0.25, 0.3) is 0 Å². The van der Waals surface area contributed by atoms with Gasteiger partial charge in [-0.25, -0.2) is 14.0 Å². The Morgan fingerprint density at radius 3 is 2.18 bits per heavy atom. The Morgan fingerprint density at radius 1 is 0.955 bits per heavy atom. The number of carbonyl (C=O) groups excluding carboxylic acids is 2. The third-order valence-corrected chi connectivity index (χ3v) is 3.57. The second-order valence-corrected chi connectivity index (χ2v) is 5.49. The first-order chi connectivity index (χ1) is 10.3. The summed E-state index contributed by atoms with van der Waals surface area (Å²) >= 11 is 0. The topological polar surface area (TPSA) is 97.7 Å². The van der Waals surface area contributed by atoms with Gasteiger partial charge in [-0.05, 0) is 24.3 Å². The van der Waals surface area contributed by atoms with Crippen LogP contribution in [0.2, 0.25) is 0 Å². The van der Waals surface area contributed by atoms with E-state index in [9.17, 15) is 22.4 Å². The molecular weight excluding hydrogens is 315 g/mol. The molecule has 2 rings (SSSR count). The highest BCUT2D eigenvalue weighted by Crippen LogP contribution is 2.20. The smallest absolute Gasteiger partial charge is 0.347 e. The Kier molecular flexibility index (Phi) is 4.34. The molecule has 0 aromatic heterocycles. The normalized spacial score (nSPS) is 11.0. The first kappa shape index (κ1) is 15.8. The molecule has 2 aromatic rings. The highest BCUT2D eigenvalue weighted by molar-refractivity contribution is 7.86. The van der Waals surface area contributed by atoms with Gasteiger partial charge in [-0.15, -0.1) is 0 Å². The molecule has 0 amide bonds. The summed E-state index contributed by atoms with van der Waals surface area (Å²) in [5.74, 6) is -3.75. The van der Waals surface area contributed by atoms with Crippen LogP contribution in [0.3, 0.4) is 0 Å². The molecule has 0 heterocycles. The molecule has 2 aromatic carbocycles. The number of rotatable bonds is 3. The average Bonchev–Trinajstić information content (AvgIpc) is 2.46. The average molecular weight is 324 g/mol. The minimum atomic E-state index is -5.00. The Morgan fingerprint density at radius 2 is 1.59 bits per heavy atom. The standard InChI is InChI=1S/C14H9FO6S/c15-11-8-4-7-10(12(11)22(18,19)20)14(17)21-13(16)9-5-2-1-3-6-9/h1-8H,(H,18,19,20). The number of halogens is 1. The zero-order valence-electron chi connectivity index (χ0n) is 10.9. The van der Waals surface area contributed by atoms with E-state index in [1.165, 1.54) is 24.3 Å². The third kappa shape index (κ3) is 3.35. The molecule has 0 aliphatic heterocycles. The summed E-state index contributed by atoms with van der Waals surface area (Å²) in [4.78, 5) is 22.4. The summed E-state index contributed by atoms with van der Waals surface area (Å²) < 4.78 is 49.3. The van der Waals surface area contributed by atoms with Gasteiger partial charge in [-0.2, -0.15) is 8.42 Å². The van der Waals surface area contributed by atoms with Crippen LogP contribution in [0.5, 0.6) is 0 Å². The van der Waals surface area contributed by atoms with Crippen molar-refractivity contribution < 1.29 is 31.7 Å². The van der Waals surface area contributed by atoms with Gasteiger partial charge in [0.1, 0.15) is 10.7 Å². The molecule has 114 valence electrons. The molecule has 0 atom stereocenters. The first-order valence-electron chi connectivity index (χ1n) is 5.88. The van der Waals surface area contributed by atoms with E-state index in [-0.39, 0.29) is 5.56 Å². The van der Waals surface area contributed by atoms with Crippen LogP contribution >= 0.6 is 0 Å². The summed E-state index contributed by atoms with van der Waals surface area (Å²) in [6, 6.07) is 10.2. The summed E-state index contributed by atoms with van der Waals surface area (Å²) in [6.45, 7) is 0. The lowest BCUT2D eigenvalue weighted by molar-refractivity contribution is 0.0394. The lowest BCUT2D eigenvalue weighted by atomic mass is 10.2. The van der Waals surface area contributed by atoms with E-state index in [1.807, 2.05) is 0 Å². The number of esters is 2. The predicted octanol–water partition coefficient (Wildman–Crippen LogP) is 2.07. The van der Waals surface area contributed by atoms with Gasteiger partial charge in [0.05, 0.1) is 11.1 Å². The van der Waals surface area contributed by atoms with Gasteiger partial charge in [0.15, 0.2) is 0 Å². The van der Waals surface area contributed by atoms with Gasteiger partial charge in [0.2, 0.25) is 0 Å². The molecule has 0 saturated carbocycles. The van der Waals surface area contributed by atoms with E-state index in [4.69, 9.17) is 4.55 Å². The second-order valence-electron chi connectivity index (χ2n) is 4.13. The van der Waals surface area contributed by atoms with Crippen LogP contribution in [-0.4, -0.2) is 24.9 Å². The van der Waals surface area contributed by atoms with Crippen LogP contribution in [0.1, 0.15) is 20.7 Å². The van der Waals surface area contributed by atoms with Crippen molar-refractivity contribution in [3.63, 3.8) is 0 Å². The van der Waals surface area contributed by atoms with E-state index in [2.05, 4.69) is 4.74 Å². The van der Waals surface area contributed by atoms with Gasteiger partial charge in [-0.3, -0.25) is 4.55 Å². The minimum absolute atomic E-state index is 0.0562. The highest BCUT2D eigenvalue weighted by Gasteiger charge is 2.27. The molecule has 1 N–H and O–H groups in total. The monoisotopic (exact) mass is 324 g/mol. The molecular formula is C14H9FO6S. The zero-order valence-corrected chi connectivity index (χ0v) is 11.7. The van der Waals surface area contributed by atoms with E-state index >= 15 is 0 Å². The van der Waals surface area contributed by atoms with Crippen LogP contribution in [0.15, 0.2) is 53.4 Å². The maximum absolute atomic E-state index is 13.5. The zero-order chi connectivity index (χ0) is 16.3. The molecule has 0 aliphatic rings. The van der Waals surface area contributed by atoms with Gasteiger partial charge in [0, 0.05) is 0 Å². The number of carbonyl (C=O) groups is 2. The molecule has 0 unspecified atom stereocenters. The van der Waals surface area contributed by atoms with Crippen molar-refractivity contribution in [3.05, 3.63) is 65.5 Å². The Balaban J connectivity index is 2.36. The Hall–Kier alpha value is -2.58. The highest BCUT2D eigenvalue weighted by atomic mass is 32.2. The van der Waals surface area contributed by atoms with E-state index in [0.717, 1.165) is 18.2 Å². The van der Waals surface area contributed by atoms with Crippen molar-refractivity contribution in [1.29, 1.82) is 0 Å². The molecule has 8 heteroatoms. The largest absolute Gasteiger partial charge is 0.386 e. The molecule has 6 nitrogen and oxygen atoms in total. The quantitative estimate of drug-likeness (QED) is 0.527. The molecule has 0 fully saturated rings. The molecule has 0 saturated heterocycles. The number of ether oxygens (including phenoxy) is 1. The lowest BCUT2D eigenvalue weighted by Gasteiger charge is -2.07. The number of benzene rings is 2. The molecule has 0 radical (unpaired) electrons. The first-order valence-corrected chi connectivity index (χ1v) is 7.32. The fourth-order valence-corrected chi connectivity index (χ4v) is 2.45. The fourth-order valence-electron chi connectivity index (χ4n) is 1.70. The van der Waals surface area contributed by atoms with Crippen molar-refractivity contribution in [3.8, 4) is 0 Å². The molecule has 0 bridgehead atoms. The summed E-state index contributed by atoms with van der Waals surface area (Å²) in [7, 11) is -5.00. The van der Waals surface area contributed by atoms with Crippen LogP contribution in [0, 0.1) is 5.82 Å². The van der Waals surface area contributed by atoms with Crippen molar-refractivity contribution in [1.82, 2.24) is 0 Å². The third-order valence-electron chi connectivity index (χ3n) is 2.64. The molecule has 0 aliphatic carbocycles. The van der Waals surface area contributed by atoms with Crippen LogP contribution < -0.4 is 0 Å². The lowest BCUT2D eigenvalue weighted by Crippen LogP contribution is -2.17. The van der Waals surface area contributed by atoms with Crippen molar-refractivity contribution in [2.45, 2.75) is 4.90 Å². The minimum Gasteiger partial charge on any atom is -0.386 e. The van der Waals surface area contributed by atoms with Gasteiger partial charge in [-0.1, -0.05) is 24.3 Å². The second kappa shape index (κ2) is 6.04. The molecule has 0 spiro atoms. The SMILES string of the molecule is O=C(OC(=O)c1cccc(F)c1S(=O)(=O)O)c1ccccc1. The Bertz CT molecular complexity index is 830. The maximum atomic E-state index is 13.5. The van der Waals surface area contributed by atoms with E-state index in [0.29, 0.717) is 0 Å². The number of hydrogen-bond acceptors (Lipinski definition) is 5. The van der Waals surface area contributed by atoms with Gasteiger partial charge < -0.3 is 4.74 Å². The predicted molar refractivity (Wildman–Crippen MR) is 72.4 cm³/mol. The van der Waals surface area contributed by atoms with Crippen molar-refractivity contribution in [2.24, 2.45) is 0 Å². The Labute approximate surface area is 124 Å². The van der Waals surface area contributed by atoms with Gasteiger partial charge in [0.25, 0.3) is 10.1 Å².